The minimum absolute atomic E-state index is 0.0112. The number of benzene rings is 4. The molecule has 26 heavy (non-hydrogen) atoms. The zero-order chi connectivity index (χ0) is 17.5. The lowest BCUT2D eigenvalue weighted by atomic mass is 9.92. The van der Waals surface area contributed by atoms with Crippen LogP contribution in [0.4, 0.5) is 0 Å². The average Bonchev–Trinajstić information content (AvgIpc) is 2.76. The van der Waals surface area contributed by atoms with Gasteiger partial charge in [0.05, 0.1) is 0 Å². The van der Waals surface area contributed by atoms with Crippen LogP contribution in [0.25, 0.3) is 32.7 Å². The molecule has 4 aromatic carbocycles. The standard InChI is InChI=1S/C23H16O3/c24-17-13-25-20-11-9-15-5-1-3-7-18(15)22(20)23-19-8-4-2-6-16(19)10-12-21(23)26-14-17/h1-12H,13-14H2. The summed E-state index contributed by atoms with van der Waals surface area (Å²) in [5.41, 5.74) is 1.95. The molecule has 1 heterocycles. The number of ketones is 1. The molecule has 0 bridgehead atoms. The number of hydrogen-bond acceptors (Lipinski definition) is 3. The van der Waals surface area contributed by atoms with Gasteiger partial charge in [-0.25, -0.2) is 0 Å². The van der Waals surface area contributed by atoms with E-state index in [4.69, 9.17) is 9.47 Å². The fourth-order valence-electron chi connectivity index (χ4n) is 3.62. The summed E-state index contributed by atoms with van der Waals surface area (Å²) in [6, 6.07) is 24.4. The van der Waals surface area contributed by atoms with Gasteiger partial charge in [0.2, 0.25) is 5.78 Å². The Morgan fingerprint density at radius 1 is 0.577 bits per heavy atom. The van der Waals surface area contributed by atoms with E-state index in [0.717, 1.165) is 32.7 Å². The Labute approximate surface area is 150 Å². The SMILES string of the molecule is O=C1COc2ccc3ccccc3c2-c2c(ccc3ccccc23)OC1. The maximum absolute atomic E-state index is 12.1. The first-order valence-electron chi connectivity index (χ1n) is 8.62. The van der Waals surface area contributed by atoms with Gasteiger partial charge in [-0.15, -0.1) is 0 Å². The van der Waals surface area contributed by atoms with Crippen LogP contribution in [0.15, 0.2) is 72.8 Å². The number of ether oxygens (including phenoxy) is 2. The molecule has 0 N–H and O–H groups in total. The monoisotopic (exact) mass is 340 g/mol. The molecule has 0 aromatic heterocycles. The smallest absolute Gasteiger partial charge is 0.207 e. The van der Waals surface area contributed by atoms with Gasteiger partial charge < -0.3 is 9.47 Å². The van der Waals surface area contributed by atoms with Crippen molar-refractivity contribution in [3.8, 4) is 22.6 Å². The van der Waals surface area contributed by atoms with Gasteiger partial charge in [-0.05, 0) is 33.7 Å². The minimum Gasteiger partial charge on any atom is -0.485 e. The van der Waals surface area contributed by atoms with E-state index in [1.165, 1.54) is 0 Å². The molecule has 0 saturated carbocycles. The van der Waals surface area contributed by atoms with Crippen LogP contribution in [-0.4, -0.2) is 19.0 Å². The maximum Gasteiger partial charge on any atom is 0.207 e. The van der Waals surface area contributed by atoms with E-state index in [1.54, 1.807) is 0 Å². The van der Waals surface area contributed by atoms with Gasteiger partial charge in [0.15, 0.2) is 13.2 Å². The number of carbonyl (C=O) groups is 1. The van der Waals surface area contributed by atoms with Gasteiger partial charge in [0.25, 0.3) is 0 Å². The van der Waals surface area contributed by atoms with Crippen molar-refractivity contribution in [1.29, 1.82) is 0 Å². The molecule has 4 aromatic rings. The molecule has 5 rings (SSSR count). The Morgan fingerprint density at radius 2 is 1.04 bits per heavy atom. The highest BCUT2D eigenvalue weighted by molar-refractivity contribution is 6.10. The van der Waals surface area contributed by atoms with Gasteiger partial charge >= 0.3 is 0 Å². The van der Waals surface area contributed by atoms with Crippen molar-refractivity contribution in [2.45, 2.75) is 0 Å². The highest BCUT2D eigenvalue weighted by atomic mass is 16.5. The molecule has 0 unspecified atom stereocenters. The van der Waals surface area contributed by atoms with Crippen LogP contribution >= 0.6 is 0 Å². The highest BCUT2D eigenvalue weighted by Crippen LogP contribution is 2.45. The van der Waals surface area contributed by atoms with E-state index in [-0.39, 0.29) is 19.0 Å². The van der Waals surface area contributed by atoms with Crippen LogP contribution in [0.5, 0.6) is 11.5 Å². The van der Waals surface area contributed by atoms with Crippen molar-refractivity contribution in [2.24, 2.45) is 0 Å². The fourth-order valence-corrected chi connectivity index (χ4v) is 3.62. The van der Waals surface area contributed by atoms with Crippen molar-refractivity contribution in [3.63, 3.8) is 0 Å². The molecule has 0 radical (unpaired) electrons. The van der Waals surface area contributed by atoms with E-state index in [0.29, 0.717) is 11.5 Å². The van der Waals surface area contributed by atoms with E-state index in [2.05, 4.69) is 24.3 Å². The maximum atomic E-state index is 12.1. The van der Waals surface area contributed by atoms with Gasteiger partial charge in [-0.1, -0.05) is 60.7 Å². The third-order valence-corrected chi connectivity index (χ3v) is 4.81. The molecule has 0 saturated heterocycles. The van der Waals surface area contributed by atoms with E-state index < -0.39 is 0 Å². The minimum atomic E-state index is -0.0786. The van der Waals surface area contributed by atoms with Gasteiger partial charge in [0.1, 0.15) is 11.5 Å². The van der Waals surface area contributed by atoms with Crippen LogP contribution < -0.4 is 9.47 Å². The van der Waals surface area contributed by atoms with Crippen LogP contribution in [0.2, 0.25) is 0 Å². The molecule has 3 nitrogen and oxygen atoms in total. The van der Waals surface area contributed by atoms with Crippen LogP contribution in [0.3, 0.4) is 0 Å². The predicted octanol–water partition coefficient (Wildman–Crippen LogP) is 5.00. The summed E-state index contributed by atoms with van der Waals surface area (Å²) in [5, 5.41) is 4.42. The van der Waals surface area contributed by atoms with Crippen molar-refractivity contribution in [2.75, 3.05) is 13.2 Å². The summed E-state index contributed by atoms with van der Waals surface area (Å²) in [5.74, 6) is 1.34. The number of hydrogen-bond donors (Lipinski definition) is 0. The van der Waals surface area contributed by atoms with Crippen LogP contribution in [0, 0.1) is 0 Å². The van der Waals surface area contributed by atoms with E-state index >= 15 is 0 Å². The first kappa shape index (κ1) is 15.0. The molecule has 0 amide bonds. The van der Waals surface area contributed by atoms with Crippen LogP contribution in [-0.2, 0) is 4.79 Å². The van der Waals surface area contributed by atoms with Gasteiger partial charge in [0, 0.05) is 11.1 Å². The number of Topliss-reactive ketones (excluding diaryl/α,β-unsaturated/α-hetero) is 1. The van der Waals surface area contributed by atoms with Crippen molar-refractivity contribution >= 4 is 27.3 Å². The average molecular weight is 340 g/mol. The number of rotatable bonds is 0. The molecule has 0 aliphatic carbocycles. The summed E-state index contributed by atoms with van der Waals surface area (Å²) >= 11 is 0. The lowest BCUT2D eigenvalue weighted by Gasteiger charge is -2.17. The summed E-state index contributed by atoms with van der Waals surface area (Å²) in [4.78, 5) is 12.1. The summed E-state index contributed by atoms with van der Waals surface area (Å²) in [6.07, 6.45) is 0. The molecule has 1 aliphatic rings. The van der Waals surface area contributed by atoms with Gasteiger partial charge in [-0.3, -0.25) is 4.79 Å². The summed E-state index contributed by atoms with van der Waals surface area (Å²) in [6.45, 7) is 0.0223. The second-order valence-corrected chi connectivity index (χ2v) is 6.44. The molecular formula is C23H16O3. The van der Waals surface area contributed by atoms with Crippen molar-refractivity contribution < 1.29 is 14.3 Å². The Hall–Kier alpha value is -3.33. The normalized spacial score (nSPS) is 13.8. The first-order valence-corrected chi connectivity index (χ1v) is 8.62. The summed E-state index contributed by atoms with van der Waals surface area (Å²) in [7, 11) is 0. The molecular weight excluding hydrogens is 324 g/mol. The largest absolute Gasteiger partial charge is 0.485 e. The Bertz CT molecular complexity index is 1070. The number of carbonyl (C=O) groups excluding carboxylic acids is 1. The Morgan fingerprint density at radius 3 is 1.54 bits per heavy atom. The zero-order valence-electron chi connectivity index (χ0n) is 14.1. The quantitative estimate of drug-likeness (QED) is 0.452. The van der Waals surface area contributed by atoms with Crippen molar-refractivity contribution in [1.82, 2.24) is 0 Å². The molecule has 0 spiro atoms. The summed E-state index contributed by atoms with van der Waals surface area (Å²) < 4.78 is 11.8. The molecule has 0 fully saturated rings. The molecule has 1 aliphatic heterocycles. The Balaban J connectivity index is 1.96. The van der Waals surface area contributed by atoms with Gasteiger partial charge in [-0.2, -0.15) is 0 Å². The first-order chi connectivity index (χ1) is 12.8. The third kappa shape index (κ3) is 2.32. The number of fused-ring (bicyclic) bond motifs is 7. The fraction of sp³-hybridized carbons (Fsp3) is 0.0870. The lowest BCUT2D eigenvalue weighted by molar-refractivity contribution is -0.122. The molecule has 0 atom stereocenters. The topological polar surface area (TPSA) is 35.5 Å². The second kappa shape index (κ2) is 5.88. The van der Waals surface area contributed by atoms with Crippen molar-refractivity contribution in [3.05, 3.63) is 72.8 Å². The molecule has 3 heteroatoms. The van der Waals surface area contributed by atoms with E-state index in [1.807, 2.05) is 48.5 Å². The third-order valence-electron chi connectivity index (χ3n) is 4.81. The second-order valence-electron chi connectivity index (χ2n) is 6.44. The zero-order valence-corrected chi connectivity index (χ0v) is 14.1. The highest BCUT2D eigenvalue weighted by Gasteiger charge is 2.21. The predicted molar refractivity (Wildman–Crippen MR) is 103 cm³/mol. The lowest BCUT2D eigenvalue weighted by Crippen LogP contribution is -2.18. The van der Waals surface area contributed by atoms with E-state index in [9.17, 15) is 4.79 Å². The molecule has 126 valence electrons. The van der Waals surface area contributed by atoms with Crippen LogP contribution in [0.1, 0.15) is 0 Å². The Kier molecular flexibility index (Phi) is 3.39.